The minimum Gasteiger partial charge on any atom is -0.464 e. The normalized spacial score (nSPS) is 12.5. The Balaban J connectivity index is 3.16. The van der Waals surface area contributed by atoms with Gasteiger partial charge in [0.15, 0.2) is 0 Å². The molecule has 0 saturated heterocycles. The number of esters is 1. The van der Waals surface area contributed by atoms with E-state index in [4.69, 9.17) is 4.74 Å². The number of ether oxygens (including phenoxy) is 1. The van der Waals surface area contributed by atoms with Crippen LogP contribution in [0.4, 0.5) is 0 Å². The number of rotatable bonds is 4. The number of aromatic nitrogens is 1. The van der Waals surface area contributed by atoms with Crippen molar-refractivity contribution < 1.29 is 9.53 Å². The number of nitrogens with zero attached hydrogens (tertiary/aromatic N) is 1. The number of aryl methyl sites for hydroxylation is 1. The Kier molecular flexibility index (Phi) is 3.95. The molecule has 1 heterocycles. The molecule has 0 saturated carbocycles. The molecule has 1 atom stereocenters. The molecule has 0 bridgehead atoms. The SMILES string of the molecule is CCc1ccc(C(=O)OC)n1C(C)CC. The first kappa shape index (κ1) is 11.8. The molecule has 0 spiro atoms. The molecule has 0 aliphatic rings. The third-order valence-electron chi connectivity index (χ3n) is 2.79. The lowest BCUT2D eigenvalue weighted by atomic mass is 10.2. The first-order valence-electron chi connectivity index (χ1n) is 5.44. The molecule has 1 aromatic heterocycles. The van der Waals surface area contributed by atoms with Crippen LogP contribution in [0.3, 0.4) is 0 Å². The van der Waals surface area contributed by atoms with Crippen LogP contribution in [-0.4, -0.2) is 17.6 Å². The Morgan fingerprint density at radius 2 is 2.13 bits per heavy atom. The molecule has 0 radical (unpaired) electrons. The van der Waals surface area contributed by atoms with Crippen molar-refractivity contribution in [2.45, 2.75) is 39.7 Å². The van der Waals surface area contributed by atoms with E-state index in [1.165, 1.54) is 12.8 Å². The van der Waals surface area contributed by atoms with Crippen molar-refractivity contribution in [2.24, 2.45) is 0 Å². The van der Waals surface area contributed by atoms with Gasteiger partial charge >= 0.3 is 5.97 Å². The van der Waals surface area contributed by atoms with E-state index in [-0.39, 0.29) is 5.97 Å². The number of carbonyl (C=O) groups excluding carboxylic acids is 1. The highest BCUT2D eigenvalue weighted by atomic mass is 16.5. The fourth-order valence-corrected chi connectivity index (χ4v) is 1.75. The number of hydrogen-bond acceptors (Lipinski definition) is 2. The molecule has 3 heteroatoms. The van der Waals surface area contributed by atoms with E-state index in [0.29, 0.717) is 11.7 Å². The van der Waals surface area contributed by atoms with Gasteiger partial charge in [0.2, 0.25) is 0 Å². The quantitative estimate of drug-likeness (QED) is 0.714. The molecule has 84 valence electrons. The Morgan fingerprint density at radius 3 is 2.60 bits per heavy atom. The third-order valence-corrected chi connectivity index (χ3v) is 2.79. The minimum absolute atomic E-state index is 0.255. The van der Waals surface area contributed by atoms with E-state index in [0.717, 1.165) is 12.8 Å². The molecule has 3 nitrogen and oxygen atoms in total. The smallest absolute Gasteiger partial charge is 0.354 e. The molecule has 0 aliphatic carbocycles. The molecule has 0 aromatic carbocycles. The minimum atomic E-state index is -0.255. The van der Waals surface area contributed by atoms with E-state index in [1.807, 2.05) is 12.1 Å². The van der Waals surface area contributed by atoms with Crippen LogP contribution in [0.25, 0.3) is 0 Å². The van der Waals surface area contributed by atoms with Crippen molar-refractivity contribution in [3.05, 3.63) is 23.5 Å². The summed E-state index contributed by atoms with van der Waals surface area (Å²) in [7, 11) is 1.42. The molecule has 0 N–H and O–H groups in total. The van der Waals surface area contributed by atoms with Crippen molar-refractivity contribution in [1.29, 1.82) is 0 Å². The van der Waals surface area contributed by atoms with Gasteiger partial charge in [-0.1, -0.05) is 13.8 Å². The van der Waals surface area contributed by atoms with Crippen LogP contribution in [0.5, 0.6) is 0 Å². The van der Waals surface area contributed by atoms with Crippen LogP contribution in [0.2, 0.25) is 0 Å². The summed E-state index contributed by atoms with van der Waals surface area (Å²) in [4.78, 5) is 11.5. The number of carbonyl (C=O) groups is 1. The highest BCUT2D eigenvalue weighted by Crippen LogP contribution is 2.20. The lowest BCUT2D eigenvalue weighted by molar-refractivity contribution is 0.0585. The van der Waals surface area contributed by atoms with Crippen molar-refractivity contribution in [2.75, 3.05) is 7.11 Å². The second-order valence-corrected chi connectivity index (χ2v) is 3.68. The molecular weight excluding hydrogens is 190 g/mol. The second-order valence-electron chi connectivity index (χ2n) is 3.68. The fraction of sp³-hybridized carbons (Fsp3) is 0.583. The molecule has 0 fully saturated rings. The van der Waals surface area contributed by atoms with Crippen LogP contribution in [-0.2, 0) is 11.2 Å². The van der Waals surface area contributed by atoms with E-state index in [9.17, 15) is 4.79 Å². The summed E-state index contributed by atoms with van der Waals surface area (Å²) in [6.07, 6.45) is 1.94. The molecule has 1 aromatic rings. The van der Waals surface area contributed by atoms with E-state index >= 15 is 0 Å². The van der Waals surface area contributed by atoms with Gasteiger partial charge in [0.05, 0.1) is 7.11 Å². The first-order chi connectivity index (χ1) is 7.15. The van der Waals surface area contributed by atoms with Crippen LogP contribution in [0.1, 0.15) is 49.4 Å². The Labute approximate surface area is 91.0 Å². The zero-order valence-corrected chi connectivity index (χ0v) is 9.91. The maximum absolute atomic E-state index is 11.5. The lowest BCUT2D eigenvalue weighted by Crippen LogP contribution is -2.15. The lowest BCUT2D eigenvalue weighted by Gasteiger charge is -2.17. The third kappa shape index (κ3) is 2.22. The van der Waals surface area contributed by atoms with Gasteiger partial charge in [-0.15, -0.1) is 0 Å². The highest BCUT2D eigenvalue weighted by molar-refractivity contribution is 5.87. The second kappa shape index (κ2) is 5.01. The highest BCUT2D eigenvalue weighted by Gasteiger charge is 2.17. The molecule has 1 rings (SSSR count). The first-order valence-corrected chi connectivity index (χ1v) is 5.44. The summed E-state index contributed by atoms with van der Waals surface area (Å²) in [5.74, 6) is -0.255. The maximum Gasteiger partial charge on any atom is 0.354 e. The predicted molar refractivity (Wildman–Crippen MR) is 60.2 cm³/mol. The Bertz CT molecular complexity index is 341. The standard InChI is InChI=1S/C12H19NO2/c1-5-9(3)13-10(6-2)7-8-11(13)12(14)15-4/h7-9H,5-6H2,1-4H3. The van der Waals surface area contributed by atoms with Crippen LogP contribution < -0.4 is 0 Å². The summed E-state index contributed by atoms with van der Waals surface area (Å²) in [5, 5.41) is 0. The summed E-state index contributed by atoms with van der Waals surface area (Å²) in [6, 6.07) is 4.18. The van der Waals surface area contributed by atoms with Gasteiger partial charge in [0, 0.05) is 11.7 Å². The average Bonchev–Trinajstić information content (AvgIpc) is 2.70. The number of methoxy groups -OCH3 is 1. The average molecular weight is 209 g/mol. The van der Waals surface area contributed by atoms with Gasteiger partial charge in [-0.25, -0.2) is 4.79 Å². The summed E-state index contributed by atoms with van der Waals surface area (Å²) < 4.78 is 6.84. The Morgan fingerprint density at radius 1 is 1.47 bits per heavy atom. The summed E-state index contributed by atoms with van der Waals surface area (Å²) in [6.45, 7) is 6.33. The zero-order valence-electron chi connectivity index (χ0n) is 9.91. The molecule has 1 unspecified atom stereocenters. The van der Waals surface area contributed by atoms with Gasteiger partial charge in [0.25, 0.3) is 0 Å². The van der Waals surface area contributed by atoms with Crippen molar-refractivity contribution in [3.8, 4) is 0 Å². The van der Waals surface area contributed by atoms with Gasteiger partial charge < -0.3 is 9.30 Å². The van der Waals surface area contributed by atoms with E-state index in [2.05, 4.69) is 25.3 Å². The molecular formula is C12H19NO2. The molecule has 0 aliphatic heterocycles. The van der Waals surface area contributed by atoms with Gasteiger partial charge in [-0.3, -0.25) is 0 Å². The van der Waals surface area contributed by atoms with Crippen molar-refractivity contribution in [1.82, 2.24) is 4.57 Å². The summed E-state index contributed by atoms with van der Waals surface area (Å²) >= 11 is 0. The molecule has 15 heavy (non-hydrogen) atoms. The molecule has 0 amide bonds. The van der Waals surface area contributed by atoms with Crippen LogP contribution in [0, 0.1) is 0 Å². The number of hydrogen-bond donors (Lipinski definition) is 0. The maximum atomic E-state index is 11.5. The zero-order chi connectivity index (χ0) is 11.4. The van der Waals surface area contributed by atoms with Crippen molar-refractivity contribution in [3.63, 3.8) is 0 Å². The van der Waals surface area contributed by atoms with E-state index in [1.54, 1.807) is 0 Å². The van der Waals surface area contributed by atoms with Gasteiger partial charge in [0.1, 0.15) is 5.69 Å². The van der Waals surface area contributed by atoms with Crippen LogP contribution in [0.15, 0.2) is 12.1 Å². The Hall–Kier alpha value is -1.25. The monoisotopic (exact) mass is 209 g/mol. The van der Waals surface area contributed by atoms with Crippen molar-refractivity contribution >= 4 is 5.97 Å². The van der Waals surface area contributed by atoms with Gasteiger partial charge in [-0.2, -0.15) is 0 Å². The largest absolute Gasteiger partial charge is 0.464 e. The fourth-order valence-electron chi connectivity index (χ4n) is 1.75. The van der Waals surface area contributed by atoms with E-state index < -0.39 is 0 Å². The topological polar surface area (TPSA) is 31.2 Å². The van der Waals surface area contributed by atoms with Gasteiger partial charge in [-0.05, 0) is 31.9 Å². The summed E-state index contributed by atoms with van der Waals surface area (Å²) in [5.41, 5.74) is 1.84. The predicted octanol–water partition coefficient (Wildman–Crippen LogP) is 2.81. The van der Waals surface area contributed by atoms with Crippen LogP contribution >= 0.6 is 0 Å².